The van der Waals surface area contributed by atoms with Gasteiger partial charge in [-0.05, 0) is 25.1 Å². The van der Waals surface area contributed by atoms with Crippen molar-refractivity contribution in [1.82, 2.24) is 9.78 Å². The van der Waals surface area contributed by atoms with Crippen molar-refractivity contribution in [3.05, 3.63) is 40.0 Å². The monoisotopic (exact) mass is 300 g/mol. The van der Waals surface area contributed by atoms with Gasteiger partial charge in [0.25, 0.3) is 0 Å². The highest BCUT2D eigenvalue weighted by molar-refractivity contribution is 6.35. The van der Waals surface area contributed by atoms with Crippen LogP contribution < -0.4 is 0 Å². The summed E-state index contributed by atoms with van der Waals surface area (Å²) in [7, 11) is 0. The molecule has 1 N–H and O–H groups in total. The van der Waals surface area contributed by atoms with Gasteiger partial charge in [0.1, 0.15) is 5.56 Å². The number of rotatable bonds is 3. The van der Waals surface area contributed by atoms with E-state index >= 15 is 0 Å². The Morgan fingerprint density at radius 2 is 2.21 bits per heavy atom. The van der Waals surface area contributed by atoms with Gasteiger partial charge in [-0.3, -0.25) is 0 Å². The number of esters is 1. The Morgan fingerprint density at radius 1 is 1.47 bits per heavy atom. The highest BCUT2D eigenvalue weighted by Crippen LogP contribution is 2.28. The molecule has 1 heterocycles. The SMILES string of the molecule is CCOC(=O)c1cnn(-c2ccc(Cl)cc2Cl)c1O. The Balaban J connectivity index is 2.44. The van der Waals surface area contributed by atoms with Crippen LogP contribution in [0, 0.1) is 0 Å². The van der Waals surface area contributed by atoms with Crippen LogP contribution in [0.15, 0.2) is 24.4 Å². The Kier molecular flexibility index (Phi) is 3.97. The molecular weight excluding hydrogens is 291 g/mol. The van der Waals surface area contributed by atoms with Crippen molar-refractivity contribution in [2.24, 2.45) is 0 Å². The van der Waals surface area contributed by atoms with Crippen LogP contribution in [-0.2, 0) is 4.74 Å². The number of halogens is 2. The van der Waals surface area contributed by atoms with E-state index in [1.165, 1.54) is 12.3 Å². The van der Waals surface area contributed by atoms with Crippen LogP contribution in [0.3, 0.4) is 0 Å². The molecule has 7 heteroatoms. The van der Waals surface area contributed by atoms with Crippen LogP contribution in [0.25, 0.3) is 5.69 Å². The summed E-state index contributed by atoms with van der Waals surface area (Å²) in [5, 5.41) is 14.7. The fourth-order valence-electron chi connectivity index (χ4n) is 1.52. The Bertz CT molecular complexity index is 625. The van der Waals surface area contributed by atoms with Gasteiger partial charge in [-0.15, -0.1) is 0 Å². The van der Waals surface area contributed by atoms with Crippen LogP contribution >= 0.6 is 23.2 Å². The van der Waals surface area contributed by atoms with Crippen molar-refractivity contribution in [3.63, 3.8) is 0 Å². The normalized spacial score (nSPS) is 10.5. The minimum absolute atomic E-state index is 0.0205. The number of carbonyl (C=O) groups excluding carboxylic acids is 1. The maximum absolute atomic E-state index is 11.6. The molecular formula is C12H10Cl2N2O3. The second-order valence-corrected chi connectivity index (χ2v) is 4.45. The third kappa shape index (κ3) is 2.67. The smallest absolute Gasteiger partial charge is 0.345 e. The van der Waals surface area contributed by atoms with Gasteiger partial charge in [0.2, 0.25) is 5.88 Å². The van der Waals surface area contributed by atoms with E-state index in [4.69, 9.17) is 27.9 Å². The molecule has 100 valence electrons. The molecule has 1 aromatic carbocycles. The van der Waals surface area contributed by atoms with Crippen molar-refractivity contribution in [2.45, 2.75) is 6.92 Å². The lowest BCUT2D eigenvalue weighted by Gasteiger charge is -2.06. The number of aromatic nitrogens is 2. The number of hydrogen-bond donors (Lipinski definition) is 1. The van der Waals surface area contributed by atoms with Gasteiger partial charge < -0.3 is 9.84 Å². The number of nitrogens with zero attached hydrogens (tertiary/aromatic N) is 2. The zero-order valence-corrected chi connectivity index (χ0v) is 11.4. The maximum atomic E-state index is 11.6. The van der Waals surface area contributed by atoms with Gasteiger partial charge in [-0.2, -0.15) is 9.78 Å². The van der Waals surface area contributed by atoms with Crippen molar-refractivity contribution in [1.29, 1.82) is 0 Å². The molecule has 0 atom stereocenters. The van der Waals surface area contributed by atoms with Gasteiger partial charge in [0, 0.05) is 5.02 Å². The third-order valence-electron chi connectivity index (χ3n) is 2.38. The summed E-state index contributed by atoms with van der Waals surface area (Å²) in [6, 6.07) is 4.71. The lowest BCUT2D eigenvalue weighted by Crippen LogP contribution is -2.04. The van der Waals surface area contributed by atoms with Gasteiger partial charge in [-0.25, -0.2) is 4.79 Å². The molecule has 0 amide bonds. The first-order valence-corrected chi connectivity index (χ1v) is 6.19. The standard InChI is InChI=1S/C12H10Cl2N2O3/c1-2-19-12(18)8-6-15-16(11(8)17)10-4-3-7(13)5-9(10)14/h3-6,17H,2H2,1H3. The number of aromatic hydroxyl groups is 1. The molecule has 0 aliphatic rings. The summed E-state index contributed by atoms with van der Waals surface area (Å²) < 4.78 is 5.94. The van der Waals surface area contributed by atoms with E-state index in [1.54, 1.807) is 19.1 Å². The second kappa shape index (κ2) is 5.50. The summed E-state index contributed by atoms with van der Waals surface area (Å²) >= 11 is 11.8. The number of hydrogen-bond acceptors (Lipinski definition) is 4. The molecule has 5 nitrogen and oxygen atoms in total. The minimum atomic E-state index is -0.642. The van der Waals surface area contributed by atoms with E-state index in [-0.39, 0.29) is 18.1 Å². The predicted molar refractivity (Wildman–Crippen MR) is 71.2 cm³/mol. The summed E-state index contributed by atoms with van der Waals surface area (Å²) in [4.78, 5) is 11.6. The lowest BCUT2D eigenvalue weighted by atomic mass is 10.3. The molecule has 0 bridgehead atoms. The van der Waals surface area contributed by atoms with E-state index in [2.05, 4.69) is 5.10 Å². The fraction of sp³-hybridized carbons (Fsp3) is 0.167. The first-order valence-electron chi connectivity index (χ1n) is 5.44. The minimum Gasteiger partial charge on any atom is -0.493 e. The number of benzene rings is 1. The maximum Gasteiger partial charge on any atom is 0.345 e. The first-order chi connectivity index (χ1) is 9.04. The number of ether oxygens (including phenoxy) is 1. The van der Waals surface area contributed by atoms with Crippen LogP contribution in [-0.4, -0.2) is 27.5 Å². The molecule has 0 radical (unpaired) electrons. The van der Waals surface area contributed by atoms with Crippen molar-refractivity contribution in [3.8, 4) is 11.6 Å². The summed E-state index contributed by atoms with van der Waals surface area (Å²) in [5.41, 5.74) is 0.395. The topological polar surface area (TPSA) is 64.3 Å². The van der Waals surface area contributed by atoms with E-state index in [9.17, 15) is 9.90 Å². The van der Waals surface area contributed by atoms with Gasteiger partial charge in [0.05, 0.1) is 23.5 Å². The molecule has 0 aliphatic carbocycles. The molecule has 19 heavy (non-hydrogen) atoms. The highest BCUT2D eigenvalue weighted by atomic mass is 35.5. The third-order valence-corrected chi connectivity index (χ3v) is 2.91. The average Bonchev–Trinajstić information content (AvgIpc) is 2.72. The molecule has 0 spiro atoms. The Labute approximate surface area is 119 Å². The van der Waals surface area contributed by atoms with E-state index in [0.29, 0.717) is 15.7 Å². The van der Waals surface area contributed by atoms with Crippen LogP contribution in [0.2, 0.25) is 10.0 Å². The second-order valence-electron chi connectivity index (χ2n) is 3.61. The van der Waals surface area contributed by atoms with Crippen LogP contribution in [0.5, 0.6) is 5.88 Å². The van der Waals surface area contributed by atoms with Crippen LogP contribution in [0.4, 0.5) is 0 Å². The Morgan fingerprint density at radius 3 is 2.84 bits per heavy atom. The predicted octanol–water partition coefficient (Wildman–Crippen LogP) is 3.06. The van der Waals surface area contributed by atoms with E-state index in [1.807, 2.05) is 0 Å². The summed E-state index contributed by atoms with van der Waals surface area (Å²) in [5.74, 6) is -0.973. The van der Waals surface area contributed by atoms with Crippen LogP contribution in [0.1, 0.15) is 17.3 Å². The van der Waals surface area contributed by atoms with Crippen molar-refractivity contribution < 1.29 is 14.6 Å². The van der Waals surface area contributed by atoms with Crippen molar-refractivity contribution in [2.75, 3.05) is 6.61 Å². The summed E-state index contributed by atoms with van der Waals surface area (Å²) in [6.07, 6.45) is 1.22. The van der Waals surface area contributed by atoms with Gasteiger partial charge >= 0.3 is 5.97 Å². The molecule has 1 aromatic heterocycles. The molecule has 0 saturated heterocycles. The molecule has 0 saturated carbocycles. The highest BCUT2D eigenvalue weighted by Gasteiger charge is 2.19. The average molecular weight is 301 g/mol. The first kappa shape index (κ1) is 13.7. The molecule has 0 fully saturated rings. The Hall–Kier alpha value is -1.72. The largest absolute Gasteiger partial charge is 0.493 e. The molecule has 2 aromatic rings. The fourth-order valence-corrected chi connectivity index (χ4v) is 2.01. The molecule has 0 unspecified atom stereocenters. The van der Waals surface area contributed by atoms with E-state index < -0.39 is 5.97 Å². The number of carbonyl (C=O) groups is 1. The van der Waals surface area contributed by atoms with Gasteiger partial charge in [-0.1, -0.05) is 23.2 Å². The van der Waals surface area contributed by atoms with Crippen molar-refractivity contribution >= 4 is 29.2 Å². The quantitative estimate of drug-likeness (QED) is 0.885. The molecule has 2 rings (SSSR count). The molecule has 0 aliphatic heterocycles. The summed E-state index contributed by atoms with van der Waals surface area (Å²) in [6.45, 7) is 1.89. The van der Waals surface area contributed by atoms with E-state index in [0.717, 1.165) is 4.68 Å². The lowest BCUT2D eigenvalue weighted by molar-refractivity contribution is 0.0523. The van der Waals surface area contributed by atoms with Gasteiger partial charge in [0.15, 0.2) is 0 Å². The zero-order valence-electron chi connectivity index (χ0n) is 9.93. The zero-order chi connectivity index (χ0) is 14.0.